The van der Waals surface area contributed by atoms with Crippen LogP contribution in [0.25, 0.3) is 21.3 Å². The number of rotatable bonds is 7. The molecule has 0 saturated heterocycles. The number of nitrogens with zero attached hydrogens (tertiary/aromatic N) is 2. The molecule has 170 valence electrons. The van der Waals surface area contributed by atoms with E-state index in [2.05, 4.69) is 45.1 Å². The number of fused-ring (bicyclic) bond motifs is 1. The third-order valence-corrected chi connectivity index (χ3v) is 7.77. The molecule has 1 aromatic carbocycles. The fourth-order valence-corrected chi connectivity index (χ4v) is 5.28. The molecule has 3 aromatic heterocycles. The van der Waals surface area contributed by atoms with Crippen molar-refractivity contribution in [3.8, 4) is 10.4 Å². The molecule has 3 N–H and O–H groups in total. The molecule has 1 amide bonds. The van der Waals surface area contributed by atoms with Crippen LogP contribution in [0.3, 0.4) is 0 Å². The Balaban J connectivity index is 1.42. The van der Waals surface area contributed by atoms with Gasteiger partial charge in [-0.15, -0.1) is 11.3 Å². The Bertz CT molecular complexity index is 1400. The lowest BCUT2D eigenvalue weighted by atomic mass is 10.1. The number of pyridine rings is 1. The normalized spacial score (nSPS) is 15.5. The Morgan fingerprint density at radius 3 is 2.82 bits per heavy atom. The van der Waals surface area contributed by atoms with Gasteiger partial charge in [-0.25, -0.2) is 0 Å². The van der Waals surface area contributed by atoms with Gasteiger partial charge in [-0.2, -0.15) is 5.10 Å². The molecule has 3 heterocycles. The zero-order valence-electron chi connectivity index (χ0n) is 18.9. The standard InChI is InChI=1S/C25H27N5O2S/c1-15(20-8-9-21(33-20)17-7-5-4-6-16(17)12-26-3)28-23(31)19-14-30(25(2)10-11-25)24(32)18-13-27-29-22(18)19/h4-9,13-15,26H,10-12H2,1-3H3,(H,27,29)(H,28,31)/t15-/m1/s1. The fourth-order valence-electron chi connectivity index (χ4n) is 4.21. The number of H-pyrrole nitrogens is 1. The number of aromatic amines is 1. The number of carbonyl (C=O) groups excluding carboxylic acids is 1. The molecule has 0 radical (unpaired) electrons. The van der Waals surface area contributed by atoms with Crippen LogP contribution in [0.5, 0.6) is 0 Å². The van der Waals surface area contributed by atoms with E-state index in [0.717, 1.165) is 24.3 Å². The number of benzene rings is 1. The third-order valence-electron chi connectivity index (χ3n) is 6.47. The molecule has 7 nitrogen and oxygen atoms in total. The molecule has 4 aromatic rings. The highest BCUT2D eigenvalue weighted by atomic mass is 32.1. The molecule has 1 atom stereocenters. The maximum Gasteiger partial charge on any atom is 0.262 e. The van der Waals surface area contributed by atoms with Crippen LogP contribution < -0.4 is 16.2 Å². The van der Waals surface area contributed by atoms with Gasteiger partial charge in [0.1, 0.15) is 0 Å². The molecule has 0 spiro atoms. The predicted octanol–water partition coefficient (Wildman–Crippen LogP) is 4.17. The molecule has 0 unspecified atom stereocenters. The highest BCUT2D eigenvalue weighted by Crippen LogP contribution is 2.42. The first kappa shape index (κ1) is 21.6. The Kier molecular flexibility index (Phi) is 5.42. The van der Waals surface area contributed by atoms with Gasteiger partial charge in [-0.3, -0.25) is 14.7 Å². The highest BCUT2D eigenvalue weighted by molar-refractivity contribution is 7.15. The van der Waals surface area contributed by atoms with E-state index in [-0.39, 0.29) is 23.0 Å². The average molecular weight is 462 g/mol. The van der Waals surface area contributed by atoms with Crippen LogP contribution in [-0.4, -0.2) is 27.7 Å². The largest absolute Gasteiger partial charge is 0.345 e. The quantitative estimate of drug-likeness (QED) is 0.385. The van der Waals surface area contributed by atoms with E-state index in [1.54, 1.807) is 22.1 Å². The second kappa shape index (κ2) is 8.28. The van der Waals surface area contributed by atoms with Crippen LogP contribution in [0.2, 0.25) is 0 Å². The van der Waals surface area contributed by atoms with Crippen molar-refractivity contribution in [3.63, 3.8) is 0 Å². The van der Waals surface area contributed by atoms with Crippen molar-refractivity contribution in [1.29, 1.82) is 0 Å². The van der Waals surface area contributed by atoms with E-state index >= 15 is 0 Å². The van der Waals surface area contributed by atoms with E-state index in [4.69, 9.17) is 0 Å². The molecular weight excluding hydrogens is 434 g/mol. The topological polar surface area (TPSA) is 91.8 Å². The van der Waals surface area contributed by atoms with Crippen LogP contribution >= 0.6 is 11.3 Å². The van der Waals surface area contributed by atoms with Gasteiger partial charge in [0, 0.05) is 28.0 Å². The molecule has 5 rings (SSSR count). The zero-order chi connectivity index (χ0) is 23.2. The minimum absolute atomic E-state index is 0.105. The first-order chi connectivity index (χ1) is 15.9. The molecule has 8 heteroatoms. The minimum atomic E-state index is -0.222. The van der Waals surface area contributed by atoms with Crippen molar-refractivity contribution in [1.82, 2.24) is 25.4 Å². The summed E-state index contributed by atoms with van der Waals surface area (Å²) in [6, 6.07) is 12.3. The van der Waals surface area contributed by atoms with Gasteiger partial charge in [0.25, 0.3) is 11.5 Å². The number of aromatic nitrogens is 3. The number of nitrogens with one attached hydrogen (secondary N) is 3. The average Bonchev–Trinajstić information content (AvgIpc) is 3.21. The second-order valence-corrected chi connectivity index (χ2v) is 10.1. The molecule has 1 saturated carbocycles. The van der Waals surface area contributed by atoms with Gasteiger partial charge in [-0.1, -0.05) is 24.3 Å². The van der Waals surface area contributed by atoms with Crippen molar-refractivity contribution in [2.45, 2.75) is 44.8 Å². The Morgan fingerprint density at radius 2 is 2.06 bits per heavy atom. The first-order valence-corrected chi connectivity index (χ1v) is 12.0. The Labute approximate surface area is 195 Å². The second-order valence-electron chi connectivity index (χ2n) is 8.96. The lowest BCUT2D eigenvalue weighted by Gasteiger charge is -2.17. The van der Waals surface area contributed by atoms with Gasteiger partial charge >= 0.3 is 0 Å². The van der Waals surface area contributed by atoms with Crippen LogP contribution in [0.4, 0.5) is 0 Å². The predicted molar refractivity (Wildman–Crippen MR) is 132 cm³/mol. The van der Waals surface area contributed by atoms with Gasteiger partial charge in [0.2, 0.25) is 0 Å². The van der Waals surface area contributed by atoms with Crippen molar-refractivity contribution in [2.24, 2.45) is 0 Å². The molecular formula is C25H27N5O2S. The Hall–Kier alpha value is -3.23. The van der Waals surface area contributed by atoms with Crippen LogP contribution in [0.1, 0.15) is 53.5 Å². The van der Waals surface area contributed by atoms with Gasteiger partial charge in [-0.05, 0) is 57.0 Å². The Morgan fingerprint density at radius 1 is 1.27 bits per heavy atom. The minimum Gasteiger partial charge on any atom is -0.345 e. The molecule has 0 aliphatic heterocycles. The van der Waals surface area contributed by atoms with E-state index in [1.165, 1.54) is 22.2 Å². The summed E-state index contributed by atoms with van der Waals surface area (Å²) in [6.45, 7) is 4.82. The van der Waals surface area contributed by atoms with E-state index in [1.807, 2.05) is 33.0 Å². The van der Waals surface area contributed by atoms with Crippen molar-refractivity contribution < 1.29 is 4.79 Å². The summed E-state index contributed by atoms with van der Waals surface area (Å²) in [7, 11) is 1.94. The van der Waals surface area contributed by atoms with Crippen molar-refractivity contribution >= 4 is 28.1 Å². The molecule has 1 aliphatic carbocycles. The molecule has 1 aliphatic rings. The smallest absolute Gasteiger partial charge is 0.262 e. The number of thiophene rings is 1. The summed E-state index contributed by atoms with van der Waals surface area (Å²) in [6.07, 6.45) is 5.06. The summed E-state index contributed by atoms with van der Waals surface area (Å²) in [5.74, 6) is -0.222. The third kappa shape index (κ3) is 3.89. The summed E-state index contributed by atoms with van der Waals surface area (Å²) in [5, 5.41) is 13.6. The van der Waals surface area contributed by atoms with Crippen molar-refractivity contribution in [2.75, 3.05) is 7.05 Å². The SMILES string of the molecule is CNCc1ccccc1-c1ccc([C@@H](C)NC(=O)c2cn(C3(C)CC3)c(=O)c3cn[nH]c23)s1. The van der Waals surface area contributed by atoms with Gasteiger partial charge in [0.15, 0.2) is 0 Å². The van der Waals surface area contributed by atoms with E-state index in [9.17, 15) is 9.59 Å². The highest BCUT2D eigenvalue weighted by Gasteiger charge is 2.41. The van der Waals surface area contributed by atoms with Gasteiger partial charge < -0.3 is 15.2 Å². The lowest BCUT2D eigenvalue weighted by molar-refractivity contribution is 0.0941. The maximum absolute atomic E-state index is 13.3. The number of carbonyl (C=O) groups is 1. The van der Waals surface area contributed by atoms with Crippen LogP contribution in [-0.2, 0) is 12.1 Å². The van der Waals surface area contributed by atoms with Crippen molar-refractivity contribution in [3.05, 3.63) is 75.1 Å². The van der Waals surface area contributed by atoms with Gasteiger partial charge in [0.05, 0.1) is 28.7 Å². The summed E-state index contributed by atoms with van der Waals surface area (Å²) in [4.78, 5) is 28.4. The molecule has 33 heavy (non-hydrogen) atoms. The zero-order valence-corrected chi connectivity index (χ0v) is 19.8. The molecule has 1 fully saturated rings. The van der Waals surface area contributed by atoms with Crippen LogP contribution in [0.15, 0.2) is 53.6 Å². The summed E-state index contributed by atoms with van der Waals surface area (Å²) in [5.41, 5.74) is 3.04. The summed E-state index contributed by atoms with van der Waals surface area (Å²) >= 11 is 1.68. The number of amides is 1. The maximum atomic E-state index is 13.3. The fraction of sp³-hybridized carbons (Fsp3) is 0.320. The van der Waals surface area contributed by atoms with E-state index in [0.29, 0.717) is 16.5 Å². The number of hydrogen-bond donors (Lipinski definition) is 3. The first-order valence-electron chi connectivity index (χ1n) is 11.1. The van der Waals surface area contributed by atoms with E-state index < -0.39 is 0 Å². The van der Waals surface area contributed by atoms with Crippen LogP contribution in [0, 0.1) is 0 Å². The summed E-state index contributed by atoms with van der Waals surface area (Å²) < 4.78 is 1.70. The number of hydrogen-bond acceptors (Lipinski definition) is 5. The lowest BCUT2D eigenvalue weighted by Crippen LogP contribution is -2.32. The molecule has 0 bridgehead atoms. The monoisotopic (exact) mass is 461 g/mol.